The zero-order chi connectivity index (χ0) is 12.0. The monoisotopic (exact) mass is 243 g/mol. The molecule has 90 valence electrons. The average Bonchev–Trinajstić information content (AvgIpc) is 2.27. The van der Waals surface area contributed by atoms with Gasteiger partial charge in [-0.05, 0) is 32.2 Å². The fraction of sp³-hybridized carbons (Fsp3) is 0.500. The maximum Gasteiger partial charge on any atom is 0.124 e. The van der Waals surface area contributed by atoms with Crippen LogP contribution in [0.4, 0.5) is 0 Å². The number of rotatable bonds is 6. The van der Waals surface area contributed by atoms with Crippen molar-refractivity contribution in [3.63, 3.8) is 0 Å². The molecule has 16 heavy (non-hydrogen) atoms. The van der Waals surface area contributed by atoms with Crippen LogP contribution >= 0.6 is 11.6 Å². The summed E-state index contributed by atoms with van der Waals surface area (Å²) in [6.07, 6.45) is 0.161. The molecule has 1 rings (SSSR count). The van der Waals surface area contributed by atoms with E-state index in [0.717, 1.165) is 17.9 Å². The highest BCUT2D eigenvalue weighted by atomic mass is 35.5. The highest BCUT2D eigenvalue weighted by Gasteiger charge is 2.06. The van der Waals surface area contributed by atoms with Gasteiger partial charge in [0.1, 0.15) is 5.75 Å². The summed E-state index contributed by atoms with van der Waals surface area (Å²) in [4.78, 5) is 0. The number of halogens is 1. The number of benzene rings is 1. The lowest BCUT2D eigenvalue weighted by atomic mass is 10.2. The first kappa shape index (κ1) is 13.3. The van der Waals surface area contributed by atoms with E-state index in [1.165, 1.54) is 0 Å². The molecule has 0 spiro atoms. The first-order valence-corrected chi connectivity index (χ1v) is 5.63. The van der Waals surface area contributed by atoms with Crippen molar-refractivity contribution in [2.45, 2.75) is 19.6 Å². The Kier molecular flexibility index (Phi) is 5.60. The molecule has 1 aromatic carbocycles. The smallest absolute Gasteiger partial charge is 0.124 e. The summed E-state index contributed by atoms with van der Waals surface area (Å²) >= 11 is 5.93. The van der Waals surface area contributed by atoms with E-state index in [0.29, 0.717) is 11.6 Å². The second-order valence-electron chi connectivity index (χ2n) is 3.64. The van der Waals surface area contributed by atoms with E-state index >= 15 is 0 Å². The van der Waals surface area contributed by atoms with Gasteiger partial charge in [-0.3, -0.25) is 0 Å². The second-order valence-corrected chi connectivity index (χ2v) is 4.07. The Morgan fingerprint density at radius 1 is 1.44 bits per heavy atom. The van der Waals surface area contributed by atoms with Crippen LogP contribution < -0.4 is 10.1 Å². The molecule has 3 nitrogen and oxygen atoms in total. The number of hydrogen-bond donors (Lipinski definition) is 1. The van der Waals surface area contributed by atoms with Crippen molar-refractivity contribution in [1.29, 1.82) is 0 Å². The number of methoxy groups -OCH3 is 1. The zero-order valence-corrected chi connectivity index (χ0v) is 10.7. The fourth-order valence-electron chi connectivity index (χ4n) is 1.44. The predicted molar refractivity (Wildman–Crippen MR) is 66.2 cm³/mol. The summed E-state index contributed by atoms with van der Waals surface area (Å²) < 4.78 is 10.9. The summed E-state index contributed by atoms with van der Waals surface area (Å²) in [5.41, 5.74) is 0.970. The van der Waals surface area contributed by atoms with Crippen LogP contribution in [0.25, 0.3) is 0 Å². The first-order chi connectivity index (χ1) is 7.67. The van der Waals surface area contributed by atoms with E-state index < -0.39 is 0 Å². The van der Waals surface area contributed by atoms with Crippen molar-refractivity contribution in [3.05, 3.63) is 28.8 Å². The minimum Gasteiger partial charge on any atom is -0.496 e. The quantitative estimate of drug-likeness (QED) is 0.833. The maximum atomic E-state index is 5.93. The third-order valence-electron chi connectivity index (χ3n) is 2.26. The first-order valence-electron chi connectivity index (χ1n) is 5.26. The highest BCUT2D eigenvalue weighted by molar-refractivity contribution is 6.30. The Bertz CT molecular complexity index is 331. The van der Waals surface area contributed by atoms with Crippen molar-refractivity contribution in [2.24, 2.45) is 0 Å². The topological polar surface area (TPSA) is 30.5 Å². The van der Waals surface area contributed by atoms with E-state index in [1.807, 2.05) is 26.1 Å². The van der Waals surface area contributed by atoms with Gasteiger partial charge >= 0.3 is 0 Å². The van der Waals surface area contributed by atoms with Crippen LogP contribution in [0.5, 0.6) is 5.75 Å². The van der Waals surface area contributed by atoms with Crippen LogP contribution in [0.15, 0.2) is 18.2 Å². The van der Waals surface area contributed by atoms with Crippen LogP contribution in [0.1, 0.15) is 12.5 Å². The molecule has 1 aromatic rings. The van der Waals surface area contributed by atoms with Gasteiger partial charge in [-0.15, -0.1) is 0 Å². The van der Waals surface area contributed by atoms with E-state index in [-0.39, 0.29) is 6.10 Å². The third kappa shape index (κ3) is 4.00. The Morgan fingerprint density at radius 3 is 2.81 bits per heavy atom. The van der Waals surface area contributed by atoms with Crippen molar-refractivity contribution in [3.8, 4) is 5.75 Å². The van der Waals surface area contributed by atoms with Gasteiger partial charge in [0.25, 0.3) is 0 Å². The van der Waals surface area contributed by atoms with Gasteiger partial charge in [-0.2, -0.15) is 0 Å². The summed E-state index contributed by atoms with van der Waals surface area (Å²) in [5.74, 6) is 0.807. The molecule has 0 fully saturated rings. The minimum absolute atomic E-state index is 0.161. The van der Waals surface area contributed by atoms with Crippen LogP contribution in [0.3, 0.4) is 0 Å². The largest absolute Gasteiger partial charge is 0.496 e. The number of hydrogen-bond acceptors (Lipinski definition) is 3. The molecule has 0 saturated carbocycles. The fourth-order valence-corrected chi connectivity index (χ4v) is 1.63. The molecule has 1 N–H and O–H groups in total. The van der Waals surface area contributed by atoms with Gasteiger partial charge in [0.15, 0.2) is 0 Å². The predicted octanol–water partition coefficient (Wildman–Crippen LogP) is 2.47. The standard InChI is InChI=1S/C12H18ClNO2/c1-9(7-14-2)16-8-10-6-11(13)4-5-12(10)15-3/h4-6,9,14H,7-8H2,1-3H3. The van der Waals surface area contributed by atoms with E-state index in [4.69, 9.17) is 21.1 Å². The molecule has 0 aliphatic rings. The second kappa shape index (κ2) is 6.74. The number of nitrogens with one attached hydrogen (secondary N) is 1. The molecule has 0 heterocycles. The van der Waals surface area contributed by atoms with Gasteiger partial charge < -0.3 is 14.8 Å². The Hall–Kier alpha value is -0.770. The van der Waals surface area contributed by atoms with Crippen LogP contribution in [-0.4, -0.2) is 26.8 Å². The van der Waals surface area contributed by atoms with Crippen LogP contribution in [-0.2, 0) is 11.3 Å². The van der Waals surface area contributed by atoms with E-state index in [9.17, 15) is 0 Å². The summed E-state index contributed by atoms with van der Waals surface area (Å²) in [6, 6.07) is 5.52. The number of likely N-dealkylation sites (N-methyl/N-ethyl adjacent to an activating group) is 1. The van der Waals surface area contributed by atoms with Crippen molar-refractivity contribution in [2.75, 3.05) is 20.7 Å². The Labute approximate surface area is 102 Å². The molecule has 0 amide bonds. The van der Waals surface area contributed by atoms with Gasteiger partial charge in [0.05, 0.1) is 19.8 Å². The molecule has 0 radical (unpaired) electrons. The van der Waals surface area contributed by atoms with E-state index in [2.05, 4.69) is 5.32 Å². The van der Waals surface area contributed by atoms with E-state index in [1.54, 1.807) is 13.2 Å². The molecular weight excluding hydrogens is 226 g/mol. The van der Waals surface area contributed by atoms with Crippen molar-refractivity contribution in [1.82, 2.24) is 5.32 Å². The van der Waals surface area contributed by atoms with Crippen LogP contribution in [0, 0.1) is 0 Å². The lowest BCUT2D eigenvalue weighted by Gasteiger charge is -2.14. The van der Waals surface area contributed by atoms with Gasteiger partial charge in [-0.25, -0.2) is 0 Å². The van der Waals surface area contributed by atoms with Crippen molar-refractivity contribution < 1.29 is 9.47 Å². The maximum absolute atomic E-state index is 5.93. The lowest BCUT2D eigenvalue weighted by molar-refractivity contribution is 0.0533. The summed E-state index contributed by atoms with van der Waals surface area (Å²) in [6.45, 7) is 3.35. The highest BCUT2D eigenvalue weighted by Crippen LogP contribution is 2.23. The van der Waals surface area contributed by atoms with Gasteiger partial charge in [-0.1, -0.05) is 11.6 Å². The molecule has 1 atom stereocenters. The Morgan fingerprint density at radius 2 is 2.19 bits per heavy atom. The summed E-state index contributed by atoms with van der Waals surface area (Å²) in [7, 11) is 3.55. The molecule has 0 bridgehead atoms. The molecule has 0 aliphatic heterocycles. The zero-order valence-electron chi connectivity index (χ0n) is 9.92. The van der Waals surface area contributed by atoms with Gasteiger partial charge in [0.2, 0.25) is 0 Å². The number of ether oxygens (including phenoxy) is 2. The lowest BCUT2D eigenvalue weighted by Crippen LogP contribution is -2.23. The molecule has 0 saturated heterocycles. The molecule has 0 aromatic heterocycles. The van der Waals surface area contributed by atoms with Gasteiger partial charge in [0, 0.05) is 17.1 Å². The Balaban J connectivity index is 2.61. The molecule has 1 unspecified atom stereocenters. The normalized spacial score (nSPS) is 12.5. The summed E-state index contributed by atoms with van der Waals surface area (Å²) in [5, 5.41) is 3.76. The van der Waals surface area contributed by atoms with Crippen LogP contribution in [0.2, 0.25) is 5.02 Å². The molecule has 4 heteroatoms. The molecule has 0 aliphatic carbocycles. The molecular formula is C12H18ClNO2. The minimum atomic E-state index is 0.161. The third-order valence-corrected chi connectivity index (χ3v) is 2.49. The average molecular weight is 244 g/mol. The van der Waals surface area contributed by atoms with Crippen molar-refractivity contribution >= 4 is 11.6 Å². The SMILES string of the molecule is CNCC(C)OCc1cc(Cl)ccc1OC.